The molecule has 1 atom stereocenters. The van der Waals surface area contributed by atoms with E-state index in [1.54, 1.807) is 0 Å². The van der Waals surface area contributed by atoms with E-state index >= 15 is 0 Å². The minimum Gasteiger partial charge on any atom is -0.480 e. The zero-order chi connectivity index (χ0) is 15.6. The molecule has 1 N–H and O–H groups in total. The van der Waals surface area contributed by atoms with Crippen molar-refractivity contribution in [2.24, 2.45) is 0 Å². The molecule has 0 saturated carbocycles. The van der Waals surface area contributed by atoms with Crippen LogP contribution in [0.5, 0.6) is 0 Å². The molecule has 1 unspecified atom stereocenters. The Bertz CT molecular complexity index is 658. The maximum atomic E-state index is 12.4. The smallest absolute Gasteiger partial charge is 0.363 e. The van der Waals surface area contributed by atoms with Crippen molar-refractivity contribution in [2.75, 3.05) is 19.8 Å². The van der Waals surface area contributed by atoms with Crippen LogP contribution in [0, 0.1) is 10.1 Å². The molecule has 114 valence electrons. The van der Waals surface area contributed by atoms with Crippen LogP contribution in [0.2, 0.25) is 0 Å². The Labute approximate surface area is 119 Å². The first-order valence-electron chi connectivity index (χ1n) is 5.77. The lowest BCUT2D eigenvalue weighted by molar-refractivity contribution is -0.389. The lowest BCUT2D eigenvalue weighted by Gasteiger charge is -2.31. The van der Waals surface area contributed by atoms with Gasteiger partial charge in [-0.25, -0.2) is 8.42 Å². The fourth-order valence-corrected chi connectivity index (χ4v) is 3.34. The molecular formula is C10H11N3O7S. The first-order chi connectivity index (χ1) is 9.84. The highest BCUT2D eigenvalue weighted by Gasteiger charge is 2.39. The molecule has 1 saturated heterocycles. The van der Waals surface area contributed by atoms with Crippen molar-refractivity contribution in [3.8, 4) is 0 Å². The molecule has 0 bridgehead atoms. The van der Waals surface area contributed by atoms with Gasteiger partial charge in [-0.2, -0.15) is 4.31 Å². The van der Waals surface area contributed by atoms with Crippen molar-refractivity contribution in [1.82, 2.24) is 9.29 Å². The molecule has 1 aliphatic heterocycles. The summed E-state index contributed by atoms with van der Waals surface area (Å²) in [6.07, 6.45) is 0.835. The molecule has 0 aliphatic carbocycles. The molecule has 1 aliphatic rings. The molecule has 11 heteroatoms. The summed E-state index contributed by atoms with van der Waals surface area (Å²) in [5, 5.41) is 19.5. The summed E-state index contributed by atoms with van der Waals surface area (Å²) >= 11 is 0. The minimum atomic E-state index is -4.11. The fraction of sp³-hybridized carbons (Fsp3) is 0.400. The summed E-state index contributed by atoms with van der Waals surface area (Å²) in [7, 11) is -4.11. The number of ether oxygens (including phenoxy) is 1. The molecule has 1 fully saturated rings. The average Bonchev–Trinajstić information content (AvgIpc) is 2.47. The van der Waals surface area contributed by atoms with Crippen molar-refractivity contribution in [2.45, 2.75) is 10.9 Å². The zero-order valence-corrected chi connectivity index (χ0v) is 11.4. The van der Waals surface area contributed by atoms with Crippen LogP contribution >= 0.6 is 0 Å². The van der Waals surface area contributed by atoms with Gasteiger partial charge in [0, 0.05) is 12.6 Å². The molecule has 21 heavy (non-hydrogen) atoms. The maximum absolute atomic E-state index is 12.4. The number of carboxylic acid groups (broad SMARTS) is 1. The third-order valence-corrected chi connectivity index (χ3v) is 4.77. The third kappa shape index (κ3) is 2.99. The van der Waals surface area contributed by atoms with Gasteiger partial charge < -0.3 is 20.0 Å². The lowest BCUT2D eigenvalue weighted by atomic mass is 10.3. The summed E-state index contributed by atoms with van der Waals surface area (Å²) in [4.78, 5) is 24.0. The zero-order valence-electron chi connectivity index (χ0n) is 10.6. The Morgan fingerprint density at radius 1 is 1.52 bits per heavy atom. The van der Waals surface area contributed by atoms with Gasteiger partial charge in [-0.1, -0.05) is 0 Å². The molecular weight excluding hydrogens is 306 g/mol. The van der Waals surface area contributed by atoms with Crippen molar-refractivity contribution >= 4 is 21.8 Å². The quantitative estimate of drug-likeness (QED) is 0.577. The number of morpholine rings is 1. The number of nitro groups is 1. The van der Waals surface area contributed by atoms with Gasteiger partial charge in [0.2, 0.25) is 10.0 Å². The summed E-state index contributed by atoms with van der Waals surface area (Å²) < 4.78 is 30.5. The van der Waals surface area contributed by atoms with E-state index in [4.69, 9.17) is 9.84 Å². The van der Waals surface area contributed by atoms with Gasteiger partial charge in [0.05, 0.1) is 13.2 Å². The van der Waals surface area contributed by atoms with Crippen LogP contribution in [0.15, 0.2) is 23.2 Å². The first-order valence-corrected chi connectivity index (χ1v) is 7.21. The van der Waals surface area contributed by atoms with Gasteiger partial charge in [0.15, 0.2) is 6.20 Å². The Hall–Kier alpha value is -2.11. The molecule has 2 rings (SSSR count). The SMILES string of the molecule is O=C(O)C1COCCN1S(=O)(=O)c1ccc([N+](=O)[O-])nc1. The standard InChI is InChI=1S/C10H11N3O7S/c14-10(15)8-6-20-4-3-12(8)21(18,19)7-1-2-9(11-5-7)13(16)17/h1-2,5,8H,3-4,6H2,(H,14,15). The molecule has 1 aromatic heterocycles. The van der Waals surface area contributed by atoms with Gasteiger partial charge in [-0.3, -0.25) is 4.79 Å². The summed E-state index contributed by atoms with van der Waals surface area (Å²) in [6.45, 7) is -0.297. The van der Waals surface area contributed by atoms with Crippen LogP contribution in [0.4, 0.5) is 5.82 Å². The Balaban J connectivity index is 2.35. The van der Waals surface area contributed by atoms with Crippen molar-refractivity contribution < 1.29 is 28.0 Å². The van der Waals surface area contributed by atoms with E-state index in [1.165, 1.54) is 0 Å². The summed E-state index contributed by atoms with van der Waals surface area (Å²) in [6, 6.07) is 0.636. The summed E-state index contributed by atoms with van der Waals surface area (Å²) in [5.41, 5.74) is 0. The number of nitrogens with zero attached hydrogens (tertiary/aromatic N) is 3. The Kier molecular flexibility index (Phi) is 4.16. The largest absolute Gasteiger partial charge is 0.480 e. The third-order valence-electron chi connectivity index (χ3n) is 2.88. The highest BCUT2D eigenvalue weighted by molar-refractivity contribution is 7.89. The highest BCUT2D eigenvalue weighted by Crippen LogP contribution is 2.21. The van der Waals surface area contributed by atoms with Gasteiger partial charge in [0.1, 0.15) is 10.9 Å². The van der Waals surface area contributed by atoms with Crippen LogP contribution in [-0.2, 0) is 19.6 Å². The number of pyridine rings is 1. The van der Waals surface area contributed by atoms with E-state index in [-0.39, 0.29) is 24.7 Å². The minimum absolute atomic E-state index is 0.0728. The monoisotopic (exact) mass is 317 g/mol. The van der Waals surface area contributed by atoms with Crippen molar-refractivity contribution in [3.05, 3.63) is 28.4 Å². The average molecular weight is 317 g/mol. The van der Waals surface area contributed by atoms with Crippen molar-refractivity contribution in [3.63, 3.8) is 0 Å². The summed E-state index contributed by atoms with van der Waals surface area (Å²) in [5.74, 6) is -1.82. The van der Waals surface area contributed by atoms with E-state index in [0.29, 0.717) is 0 Å². The van der Waals surface area contributed by atoms with Crippen LogP contribution in [-0.4, -0.2) is 59.5 Å². The number of aliphatic carboxylic acids is 1. The topological polar surface area (TPSA) is 140 Å². The molecule has 0 spiro atoms. The second-order valence-corrected chi connectivity index (χ2v) is 6.04. The van der Waals surface area contributed by atoms with Gasteiger partial charge in [0.25, 0.3) is 0 Å². The predicted molar refractivity (Wildman–Crippen MR) is 67.0 cm³/mol. The molecule has 1 aromatic rings. The molecule has 0 amide bonds. The van der Waals surface area contributed by atoms with Gasteiger partial charge in [-0.05, 0) is 16.0 Å². The van der Waals surface area contributed by atoms with Gasteiger partial charge >= 0.3 is 11.8 Å². The Morgan fingerprint density at radius 3 is 2.76 bits per heavy atom. The molecule has 2 heterocycles. The normalized spacial score (nSPS) is 20.1. The lowest BCUT2D eigenvalue weighted by Crippen LogP contribution is -2.52. The van der Waals surface area contributed by atoms with E-state index in [1.807, 2.05) is 0 Å². The number of carbonyl (C=O) groups is 1. The number of hydrogen-bond acceptors (Lipinski definition) is 7. The number of hydrogen-bond donors (Lipinski definition) is 1. The maximum Gasteiger partial charge on any atom is 0.363 e. The molecule has 0 radical (unpaired) electrons. The number of rotatable bonds is 4. The van der Waals surface area contributed by atoms with Crippen LogP contribution in [0.25, 0.3) is 0 Å². The second-order valence-electron chi connectivity index (χ2n) is 4.15. The second kappa shape index (κ2) is 5.71. The van der Waals surface area contributed by atoms with Crippen LogP contribution in [0.3, 0.4) is 0 Å². The van der Waals surface area contributed by atoms with E-state index in [2.05, 4.69) is 4.98 Å². The van der Waals surface area contributed by atoms with E-state index in [0.717, 1.165) is 22.6 Å². The van der Waals surface area contributed by atoms with Crippen LogP contribution < -0.4 is 0 Å². The van der Waals surface area contributed by atoms with Crippen LogP contribution in [0.1, 0.15) is 0 Å². The fourth-order valence-electron chi connectivity index (χ4n) is 1.84. The molecule has 10 nitrogen and oxygen atoms in total. The first kappa shape index (κ1) is 15.3. The van der Waals surface area contributed by atoms with Gasteiger partial charge in [-0.15, -0.1) is 0 Å². The van der Waals surface area contributed by atoms with E-state index in [9.17, 15) is 23.3 Å². The van der Waals surface area contributed by atoms with Crippen molar-refractivity contribution in [1.29, 1.82) is 0 Å². The number of carboxylic acids is 1. The highest BCUT2D eigenvalue weighted by atomic mass is 32.2. The van der Waals surface area contributed by atoms with E-state index < -0.39 is 32.8 Å². The Morgan fingerprint density at radius 2 is 2.24 bits per heavy atom. The number of sulfonamides is 1. The number of aromatic nitrogens is 1. The predicted octanol–water partition coefficient (Wildman–Crippen LogP) is -0.536. The molecule has 0 aromatic carbocycles.